The maximum Gasteiger partial charge on any atom is 0.274 e. The SMILES string of the molecule is S=C(Nc1ccccc1)N(c1ccccc1)C(Cl)(Cl)Cl. The zero-order valence-corrected chi connectivity index (χ0v) is 13.3. The number of hydrogen-bond donors (Lipinski definition) is 1. The molecule has 0 aromatic heterocycles. The van der Waals surface area contributed by atoms with Gasteiger partial charge in [0.1, 0.15) is 0 Å². The molecular weight excluding hydrogens is 335 g/mol. The van der Waals surface area contributed by atoms with Crippen molar-refractivity contribution in [3.63, 3.8) is 0 Å². The zero-order valence-electron chi connectivity index (χ0n) is 10.3. The summed E-state index contributed by atoms with van der Waals surface area (Å²) in [5.41, 5.74) is 1.52. The number of para-hydroxylation sites is 2. The predicted octanol–water partition coefficient (Wildman–Crippen LogP) is 5.22. The second-order valence-corrected chi connectivity index (χ2v) is 6.54. The van der Waals surface area contributed by atoms with E-state index < -0.39 is 3.92 Å². The molecule has 1 N–H and O–H groups in total. The lowest BCUT2D eigenvalue weighted by molar-refractivity contribution is 1.08. The molecule has 2 rings (SSSR count). The number of rotatable bonds is 2. The normalized spacial score (nSPS) is 10.9. The van der Waals surface area contributed by atoms with Crippen LogP contribution in [0, 0.1) is 0 Å². The number of nitrogens with one attached hydrogen (secondary N) is 1. The van der Waals surface area contributed by atoms with Gasteiger partial charge in [0.2, 0.25) is 0 Å². The molecule has 0 aliphatic carbocycles. The fraction of sp³-hybridized carbons (Fsp3) is 0.0714. The zero-order chi connectivity index (χ0) is 14.6. The Morgan fingerprint density at radius 1 is 0.900 bits per heavy atom. The molecule has 0 saturated heterocycles. The fourth-order valence-electron chi connectivity index (χ4n) is 1.66. The van der Waals surface area contributed by atoms with E-state index in [9.17, 15) is 0 Å². The highest BCUT2D eigenvalue weighted by Gasteiger charge is 2.33. The summed E-state index contributed by atoms with van der Waals surface area (Å²) in [4.78, 5) is 1.43. The number of alkyl halides is 3. The second-order valence-electron chi connectivity index (χ2n) is 3.93. The molecular formula is C14H11Cl3N2S. The number of anilines is 2. The van der Waals surface area contributed by atoms with Crippen LogP contribution < -0.4 is 10.2 Å². The Kier molecular flexibility index (Phi) is 5.11. The van der Waals surface area contributed by atoms with Gasteiger partial charge in [0.05, 0.1) is 0 Å². The van der Waals surface area contributed by atoms with Crippen LogP contribution in [0.3, 0.4) is 0 Å². The molecule has 0 radical (unpaired) electrons. The fourth-order valence-corrected chi connectivity index (χ4v) is 2.71. The highest BCUT2D eigenvalue weighted by atomic mass is 35.6. The van der Waals surface area contributed by atoms with E-state index in [4.69, 9.17) is 47.0 Å². The molecule has 2 aromatic carbocycles. The Balaban J connectivity index is 2.26. The van der Waals surface area contributed by atoms with Crippen LogP contribution in [0.1, 0.15) is 0 Å². The third-order valence-electron chi connectivity index (χ3n) is 2.50. The van der Waals surface area contributed by atoms with Crippen LogP contribution in [0.25, 0.3) is 0 Å². The minimum atomic E-state index is -1.68. The van der Waals surface area contributed by atoms with Gasteiger partial charge in [-0.1, -0.05) is 71.2 Å². The van der Waals surface area contributed by atoms with Crippen molar-refractivity contribution in [3.8, 4) is 0 Å². The summed E-state index contributed by atoms with van der Waals surface area (Å²) < 4.78 is -1.68. The van der Waals surface area contributed by atoms with Gasteiger partial charge in [-0.2, -0.15) is 0 Å². The van der Waals surface area contributed by atoms with E-state index in [0.29, 0.717) is 10.8 Å². The largest absolute Gasteiger partial charge is 0.332 e. The lowest BCUT2D eigenvalue weighted by atomic mass is 10.3. The standard InChI is InChI=1S/C14H11Cl3N2S/c15-14(16,17)19(12-9-5-2-6-10-12)13(20)18-11-7-3-1-4-8-11/h1-10H,(H,18,20). The van der Waals surface area contributed by atoms with Crippen molar-refractivity contribution in [2.45, 2.75) is 3.92 Å². The molecule has 2 nitrogen and oxygen atoms in total. The van der Waals surface area contributed by atoms with Crippen molar-refractivity contribution in [1.29, 1.82) is 0 Å². The van der Waals surface area contributed by atoms with E-state index >= 15 is 0 Å². The first-order valence-corrected chi connectivity index (χ1v) is 7.31. The highest BCUT2D eigenvalue weighted by molar-refractivity contribution is 7.80. The molecule has 0 heterocycles. The Morgan fingerprint density at radius 3 is 1.90 bits per heavy atom. The molecule has 0 aliphatic rings. The van der Waals surface area contributed by atoms with E-state index in [1.807, 2.05) is 60.7 Å². The molecule has 0 spiro atoms. The van der Waals surface area contributed by atoms with Crippen LogP contribution in [-0.2, 0) is 0 Å². The summed E-state index contributed by atoms with van der Waals surface area (Å²) in [6, 6.07) is 18.7. The Bertz CT molecular complexity index is 570. The summed E-state index contributed by atoms with van der Waals surface area (Å²) in [7, 11) is 0. The van der Waals surface area contributed by atoms with Crippen molar-refractivity contribution in [2.75, 3.05) is 10.2 Å². The van der Waals surface area contributed by atoms with Gasteiger partial charge in [0.15, 0.2) is 5.11 Å². The van der Waals surface area contributed by atoms with Crippen LogP contribution >= 0.6 is 47.0 Å². The van der Waals surface area contributed by atoms with Crippen LogP contribution in [0.15, 0.2) is 60.7 Å². The van der Waals surface area contributed by atoms with Crippen molar-refractivity contribution in [2.24, 2.45) is 0 Å². The quantitative estimate of drug-likeness (QED) is 0.456. The molecule has 0 unspecified atom stereocenters. The minimum Gasteiger partial charge on any atom is -0.332 e. The summed E-state index contributed by atoms with van der Waals surface area (Å²) in [6.45, 7) is 0. The van der Waals surface area contributed by atoms with E-state index in [1.165, 1.54) is 4.90 Å². The summed E-state index contributed by atoms with van der Waals surface area (Å²) in [5.74, 6) is 0. The first-order chi connectivity index (χ1) is 9.48. The average molecular weight is 346 g/mol. The number of halogens is 3. The number of nitrogens with zero attached hydrogens (tertiary/aromatic N) is 1. The molecule has 0 aliphatic heterocycles. The number of hydrogen-bond acceptors (Lipinski definition) is 1. The topological polar surface area (TPSA) is 15.3 Å². The van der Waals surface area contributed by atoms with Gasteiger partial charge in [-0.3, -0.25) is 4.90 Å². The van der Waals surface area contributed by atoms with E-state index in [-0.39, 0.29) is 0 Å². The van der Waals surface area contributed by atoms with E-state index in [0.717, 1.165) is 5.69 Å². The molecule has 0 bridgehead atoms. The summed E-state index contributed by atoms with van der Waals surface area (Å²) >= 11 is 23.4. The summed E-state index contributed by atoms with van der Waals surface area (Å²) in [5, 5.41) is 3.36. The Morgan fingerprint density at radius 2 is 1.40 bits per heavy atom. The Hall–Kier alpha value is -1.000. The van der Waals surface area contributed by atoms with Gasteiger partial charge in [-0.15, -0.1) is 0 Å². The predicted molar refractivity (Wildman–Crippen MR) is 91.9 cm³/mol. The van der Waals surface area contributed by atoms with Crippen molar-refractivity contribution in [1.82, 2.24) is 0 Å². The highest BCUT2D eigenvalue weighted by Crippen LogP contribution is 2.35. The molecule has 0 saturated carbocycles. The van der Waals surface area contributed by atoms with Crippen LogP contribution in [0.4, 0.5) is 11.4 Å². The average Bonchev–Trinajstić information content (AvgIpc) is 2.39. The molecule has 2 aromatic rings. The van der Waals surface area contributed by atoms with Gasteiger partial charge in [0, 0.05) is 11.4 Å². The molecule has 104 valence electrons. The van der Waals surface area contributed by atoms with E-state index in [1.54, 1.807) is 0 Å². The minimum absolute atomic E-state index is 0.308. The Labute approximate surface area is 138 Å². The number of benzene rings is 2. The lowest BCUT2D eigenvalue weighted by Gasteiger charge is -2.31. The molecule has 0 fully saturated rings. The van der Waals surface area contributed by atoms with Crippen molar-refractivity contribution < 1.29 is 0 Å². The third kappa shape index (κ3) is 4.00. The summed E-state index contributed by atoms with van der Waals surface area (Å²) in [6.07, 6.45) is 0. The molecule has 6 heteroatoms. The maximum atomic E-state index is 6.02. The second kappa shape index (κ2) is 6.64. The van der Waals surface area contributed by atoms with Crippen molar-refractivity contribution in [3.05, 3.63) is 60.7 Å². The van der Waals surface area contributed by atoms with Gasteiger partial charge in [-0.25, -0.2) is 0 Å². The third-order valence-corrected chi connectivity index (χ3v) is 3.29. The monoisotopic (exact) mass is 344 g/mol. The lowest BCUT2D eigenvalue weighted by Crippen LogP contribution is -2.43. The van der Waals surface area contributed by atoms with Crippen LogP contribution in [-0.4, -0.2) is 9.03 Å². The van der Waals surface area contributed by atoms with Gasteiger partial charge >= 0.3 is 0 Å². The molecule has 20 heavy (non-hydrogen) atoms. The first kappa shape index (κ1) is 15.4. The number of thiocarbonyl (C=S) groups is 1. The first-order valence-electron chi connectivity index (χ1n) is 5.76. The molecule has 0 amide bonds. The van der Waals surface area contributed by atoms with E-state index in [2.05, 4.69) is 5.32 Å². The van der Waals surface area contributed by atoms with Gasteiger partial charge < -0.3 is 5.32 Å². The smallest absolute Gasteiger partial charge is 0.274 e. The molecule has 0 atom stereocenters. The van der Waals surface area contributed by atoms with Gasteiger partial charge in [0.25, 0.3) is 3.92 Å². The maximum absolute atomic E-state index is 6.02. The van der Waals surface area contributed by atoms with Crippen LogP contribution in [0.2, 0.25) is 0 Å². The van der Waals surface area contributed by atoms with Gasteiger partial charge in [-0.05, 0) is 36.5 Å². The van der Waals surface area contributed by atoms with Crippen molar-refractivity contribution >= 4 is 63.5 Å². The van der Waals surface area contributed by atoms with Crippen LogP contribution in [0.5, 0.6) is 0 Å².